The van der Waals surface area contributed by atoms with Gasteiger partial charge < -0.3 is 10.2 Å². The summed E-state index contributed by atoms with van der Waals surface area (Å²) >= 11 is 0. The SMILES string of the molecule is O=C(NC1CC1)[C@@H]1CCCN(C(=O)[C@H]2CCCC[C@H]2C(F)(F)F)C1. The molecule has 3 fully saturated rings. The van der Waals surface area contributed by atoms with Gasteiger partial charge >= 0.3 is 6.18 Å². The zero-order chi connectivity index (χ0) is 17.3. The van der Waals surface area contributed by atoms with Crippen molar-refractivity contribution in [2.24, 2.45) is 17.8 Å². The Balaban J connectivity index is 1.63. The summed E-state index contributed by atoms with van der Waals surface area (Å²) in [5.41, 5.74) is 0. The number of rotatable bonds is 3. The van der Waals surface area contributed by atoms with Gasteiger partial charge in [-0.2, -0.15) is 13.2 Å². The third-order valence-corrected chi connectivity index (χ3v) is 5.53. The molecule has 4 nitrogen and oxygen atoms in total. The van der Waals surface area contributed by atoms with Crippen molar-refractivity contribution in [3.05, 3.63) is 0 Å². The standard InChI is InChI=1S/C17H25F3N2O2/c18-17(19,20)14-6-2-1-5-13(14)16(24)22-9-3-4-11(10-22)15(23)21-12-7-8-12/h11-14H,1-10H2,(H,21,23)/t11-,13+,14-/m1/s1. The number of amides is 2. The number of carbonyl (C=O) groups is 2. The van der Waals surface area contributed by atoms with Gasteiger partial charge in [0.15, 0.2) is 0 Å². The predicted octanol–water partition coefficient (Wildman–Crippen LogP) is 2.87. The Morgan fingerprint density at radius 1 is 0.958 bits per heavy atom. The summed E-state index contributed by atoms with van der Waals surface area (Å²) in [6.07, 6.45) is 0.598. The Morgan fingerprint density at radius 3 is 2.33 bits per heavy atom. The van der Waals surface area contributed by atoms with E-state index in [9.17, 15) is 22.8 Å². The van der Waals surface area contributed by atoms with Gasteiger partial charge in [0.1, 0.15) is 0 Å². The van der Waals surface area contributed by atoms with Gasteiger partial charge in [0.2, 0.25) is 11.8 Å². The number of alkyl halides is 3. The van der Waals surface area contributed by atoms with Crippen LogP contribution in [0.1, 0.15) is 51.4 Å². The molecule has 3 aliphatic rings. The highest BCUT2D eigenvalue weighted by atomic mass is 19.4. The molecular weight excluding hydrogens is 321 g/mol. The van der Waals surface area contributed by atoms with Crippen LogP contribution in [-0.4, -0.2) is 42.0 Å². The van der Waals surface area contributed by atoms with Crippen LogP contribution in [0.4, 0.5) is 13.2 Å². The highest BCUT2D eigenvalue weighted by molar-refractivity contribution is 5.83. The van der Waals surface area contributed by atoms with Gasteiger partial charge in [-0.15, -0.1) is 0 Å². The smallest absolute Gasteiger partial charge is 0.353 e. The Morgan fingerprint density at radius 2 is 1.67 bits per heavy atom. The lowest BCUT2D eigenvalue weighted by atomic mass is 9.77. The molecule has 1 aliphatic heterocycles. The van der Waals surface area contributed by atoms with Crippen LogP contribution in [-0.2, 0) is 9.59 Å². The molecular formula is C17H25F3N2O2. The average Bonchev–Trinajstić information content (AvgIpc) is 3.37. The lowest BCUT2D eigenvalue weighted by Crippen LogP contribution is -2.50. The van der Waals surface area contributed by atoms with Crippen molar-refractivity contribution in [1.29, 1.82) is 0 Å². The largest absolute Gasteiger partial charge is 0.392 e. The second-order valence-electron chi connectivity index (χ2n) is 7.45. The summed E-state index contributed by atoms with van der Waals surface area (Å²) in [4.78, 5) is 26.4. The maximum Gasteiger partial charge on any atom is 0.392 e. The minimum absolute atomic E-state index is 0.0410. The fourth-order valence-electron chi connectivity index (χ4n) is 3.99. The van der Waals surface area contributed by atoms with E-state index in [2.05, 4.69) is 5.32 Å². The molecule has 0 radical (unpaired) electrons. The van der Waals surface area contributed by atoms with Crippen molar-refractivity contribution in [2.75, 3.05) is 13.1 Å². The van der Waals surface area contributed by atoms with Crippen LogP contribution in [0.15, 0.2) is 0 Å². The molecule has 0 unspecified atom stereocenters. The lowest BCUT2D eigenvalue weighted by molar-refractivity contribution is -0.201. The molecule has 0 aromatic heterocycles. The van der Waals surface area contributed by atoms with Crippen LogP contribution in [0, 0.1) is 17.8 Å². The van der Waals surface area contributed by atoms with Crippen LogP contribution in [0.3, 0.4) is 0 Å². The molecule has 0 bridgehead atoms. The maximum atomic E-state index is 13.2. The van der Waals surface area contributed by atoms with Crippen molar-refractivity contribution in [1.82, 2.24) is 10.2 Å². The molecule has 3 rings (SSSR count). The third kappa shape index (κ3) is 4.03. The van der Waals surface area contributed by atoms with E-state index in [0.717, 1.165) is 12.8 Å². The molecule has 0 aromatic rings. The molecule has 1 N–H and O–H groups in total. The fraction of sp³-hybridized carbons (Fsp3) is 0.882. The van der Waals surface area contributed by atoms with Gasteiger partial charge in [-0.3, -0.25) is 9.59 Å². The van der Waals surface area contributed by atoms with E-state index in [0.29, 0.717) is 38.6 Å². The van der Waals surface area contributed by atoms with E-state index in [4.69, 9.17) is 0 Å². The van der Waals surface area contributed by atoms with Crippen LogP contribution in [0.25, 0.3) is 0 Å². The monoisotopic (exact) mass is 346 g/mol. The third-order valence-electron chi connectivity index (χ3n) is 5.53. The van der Waals surface area contributed by atoms with Crippen molar-refractivity contribution in [2.45, 2.75) is 63.6 Å². The molecule has 24 heavy (non-hydrogen) atoms. The second kappa shape index (κ2) is 6.92. The number of nitrogens with one attached hydrogen (secondary N) is 1. The van der Waals surface area contributed by atoms with Crippen LogP contribution in [0.2, 0.25) is 0 Å². The van der Waals surface area contributed by atoms with E-state index < -0.39 is 23.9 Å². The Bertz CT molecular complexity index is 491. The zero-order valence-electron chi connectivity index (χ0n) is 13.8. The summed E-state index contributed by atoms with van der Waals surface area (Å²) in [5.74, 6) is -3.23. The molecule has 1 heterocycles. The van der Waals surface area contributed by atoms with E-state index in [1.807, 2.05) is 0 Å². The first-order chi connectivity index (χ1) is 11.4. The Labute approximate surface area is 140 Å². The van der Waals surface area contributed by atoms with Gasteiger partial charge in [-0.05, 0) is 38.5 Å². The molecule has 1 saturated heterocycles. The highest BCUT2D eigenvalue weighted by Gasteiger charge is 2.49. The van der Waals surface area contributed by atoms with Crippen molar-refractivity contribution in [3.63, 3.8) is 0 Å². The summed E-state index contributed by atoms with van der Waals surface area (Å²) in [6, 6.07) is 0.261. The quantitative estimate of drug-likeness (QED) is 0.854. The first kappa shape index (κ1) is 17.5. The topological polar surface area (TPSA) is 49.4 Å². The van der Waals surface area contributed by atoms with Gasteiger partial charge in [-0.25, -0.2) is 0 Å². The van der Waals surface area contributed by atoms with E-state index in [1.54, 1.807) is 0 Å². The number of nitrogens with zero attached hydrogens (tertiary/aromatic N) is 1. The molecule has 136 valence electrons. The Kier molecular flexibility index (Phi) is 5.06. The van der Waals surface area contributed by atoms with E-state index >= 15 is 0 Å². The second-order valence-corrected chi connectivity index (χ2v) is 7.45. The maximum absolute atomic E-state index is 13.2. The molecule has 3 atom stereocenters. The first-order valence-corrected chi connectivity index (χ1v) is 9.02. The minimum atomic E-state index is -4.32. The van der Waals surface area contributed by atoms with E-state index in [1.165, 1.54) is 4.90 Å². The minimum Gasteiger partial charge on any atom is -0.353 e. The van der Waals surface area contributed by atoms with E-state index in [-0.39, 0.29) is 30.8 Å². The zero-order valence-corrected chi connectivity index (χ0v) is 13.8. The summed E-state index contributed by atoms with van der Waals surface area (Å²) in [7, 11) is 0. The average molecular weight is 346 g/mol. The lowest BCUT2D eigenvalue weighted by Gasteiger charge is -2.38. The van der Waals surface area contributed by atoms with Crippen LogP contribution in [0.5, 0.6) is 0 Å². The fourth-order valence-corrected chi connectivity index (χ4v) is 3.99. The van der Waals surface area contributed by atoms with Gasteiger partial charge in [0.05, 0.1) is 11.8 Å². The number of piperidine rings is 1. The molecule has 0 aromatic carbocycles. The highest BCUT2D eigenvalue weighted by Crippen LogP contribution is 2.42. The molecule has 2 saturated carbocycles. The number of halogens is 3. The first-order valence-electron chi connectivity index (χ1n) is 9.02. The molecule has 2 aliphatic carbocycles. The summed E-state index contributed by atoms with van der Waals surface area (Å²) in [6.45, 7) is 0.728. The van der Waals surface area contributed by atoms with Gasteiger partial charge in [0, 0.05) is 25.0 Å². The van der Waals surface area contributed by atoms with Gasteiger partial charge in [0.25, 0.3) is 0 Å². The van der Waals surface area contributed by atoms with Crippen LogP contribution >= 0.6 is 0 Å². The number of hydrogen-bond acceptors (Lipinski definition) is 2. The summed E-state index contributed by atoms with van der Waals surface area (Å²) in [5, 5.41) is 2.94. The van der Waals surface area contributed by atoms with Crippen molar-refractivity contribution >= 4 is 11.8 Å². The summed E-state index contributed by atoms with van der Waals surface area (Å²) < 4.78 is 39.7. The molecule has 7 heteroatoms. The van der Waals surface area contributed by atoms with Crippen LogP contribution < -0.4 is 5.32 Å². The molecule has 0 spiro atoms. The van der Waals surface area contributed by atoms with Crippen molar-refractivity contribution < 1.29 is 22.8 Å². The number of hydrogen-bond donors (Lipinski definition) is 1. The predicted molar refractivity (Wildman–Crippen MR) is 82.0 cm³/mol. The van der Waals surface area contributed by atoms with Gasteiger partial charge in [-0.1, -0.05) is 12.8 Å². The Hall–Kier alpha value is -1.27. The number of likely N-dealkylation sites (tertiary alicyclic amines) is 1. The molecule has 2 amide bonds. The van der Waals surface area contributed by atoms with Crippen molar-refractivity contribution in [3.8, 4) is 0 Å². The number of carbonyl (C=O) groups excluding carboxylic acids is 2. The normalized spacial score (nSPS) is 31.6.